The van der Waals surface area contributed by atoms with E-state index in [4.69, 9.17) is 5.11 Å². The quantitative estimate of drug-likeness (QED) is 0.438. The summed E-state index contributed by atoms with van der Waals surface area (Å²) < 4.78 is 99.7. The maximum atomic E-state index is 13.0. The number of carboxylic acids is 1. The summed E-state index contributed by atoms with van der Waals surface area (Å²) in [5, 5.41) is 7.92. The molecule has 1 aromatic rings. The lowest BCUT2D eigenvalue weighted by molar-refractivity contribution is -0.143. The molecule has 1 aliphatic heterocycles. The Bertz CT molecular complexity index is 758. The molecule has 5 nitrogen and oxygen atoms in total. The van der Waals surface area contributed by atoms with E-state index in [-0.39, 0.29) is 31.0 Å². The minimum atomic E-state index is -5.07. The molecule has 0 saturated carbocycles. The van der Waals surface area contributed by atoms with Crippen molar-refractivity contribution in [3.05, 3.63) is 41.0 Å². The summed E-state index contributed by atoms with van der Waals surface area (Å²) in [6.45, 7) is 1.26. The first kappa shape index (κ1) is 22.4. The zero-order valence-corrected chi connectivity index (χ0v) is 15.2. The third-order valence-corrected chi connectivity index (χ3v) is 6.48. The van der Waals surface area contributed by atoms with Gasteiger partial charge in [0.1, 0.15) is 0 Å². The van der Waals surface area contributed by atoms with Crippen molar-refractivity contribution in [1.82, 2.24) is 0 Å². The summed E-state index contributed by atoms with van der Waals surface area (Å²) in [5.41, 5.74) is -3.93. The van der Waals surface area contributed by atoms with E-state index in [0.717, 1.165) is 6.08 Å². The fourth-order valence-corrected chi connectivity index (χ4v) is 4.69. The molecule has 1 aliphatic rings. The average Bonchev–Trinajstić information content (AvgIpc) is 2.84. The molecule has 0 spiro atoms. The van der Waals surface area contributed by atoms with E-state index in [1.807, 2.05) is 0 Å². The van der Waals surface area contributed by atoms with Gasteiger partial charge in [-0.15, -0.1) is 10.8 Å². The van der Waals surface area contributed by atoms with Crippen LogP contribution in [0.3, 0.4) is 0 Å². The monoisotopic (exact) mass is 433 g/mol. The van der Waals surface area contributed by atoms with Gasteiger partial charge in [-0.25, -0.2) is 4.79 Å². The van der Waals surface area contributed by atoms with Gasteiger partial charge in [0.2, 0.25) is 0 Å². The number of aliphatic carboxylic acids is 1. The maximum Gasteiger partial charge on any atom is 0.416 e. The molecule has 1 fully saturated rings. The van der Waals surface area contributed by atoms with Gasteiger partial charge in [-0.1, -0.05) is 13.0 Å². The van der Waals surface area contributed by atoms with Crippen LogP contribution >= 0.6 is 10.8 Å². The summed E-state index contributed by atoms with van der Waals surface area (Å²) in [7, 11) is -3.89. The Hall–Kier alpha value is -1.92. The Morgan fingerprint density at radius 2 is 1.64 bits per heavy atom. The number of rotatable bonds is 4. The molecule has 2 rings (SSSR count). The molecule has 1 unspecified atom stereocenters. The summed E-state index contributed by atoms with van der Waals surface area (Å²) in [4.78, 5) is 11.1. The first-order valence-electron chi connectivity index (χ1n) is 7.96. The van der Waals surface area contributed by atoms with Crippen LogP contribution in [-0.2, 0) is 17.1 Å². The topological polar surface area (TPSA) is 81.0 Å². The van der Waals surface area contributed by atoms with Crippen molar-refractivity contribution in [2.75, 3.05) is 10.8 Å². The SMILES string of the molecule is CCC(=CC1CCN(c2cc(C(F)(F)F)cc(C(F)(F)F)c2)S1(O)O)C(=O)O. The largest absolute Gasteiger partial charge is 0.478 e. The van der Waals surface area contributed by atoms with E-state index in [9.17, 15) is 40.2 Å². The van der Waals surface area contributed by atoms with Crippen molar-refractivity contribution in [1.29, 1.82) is 0 Å². The van der Waals surface area contributed by atoms with E-state index in [0.29, 0.717) is 16.4 Å². The van der Waals surface area contributed by atoms with Gasteiger partial charge in [0.05, 0.1) is 22.1 Å². The molecule has 0 amide bonds. The Kier molecular flexibility index (Phi) is 5.98. The van der Waals surface area contributed by atoms with Crippen LogP contribution in [0.25, 0.3) is 0 Å². The molecule has 1 saturated heterocycles. The van der Waals surface area contributed by atoms with Crippen LogP contribution in [0.5, 0.6) is 0 Å². The highest BCUT2D eigenvalue weighted by molar-refractivity contribution is 8.26. The number of hydrogen-bond donors (Lipinski definition) is 3. The van der Waals surface area contributed by atoms with Gasteiger partial charge in [-0.2, -0.15) is 26.3 Å². The summed E-state index contributed by atoms with van der Waals surface area (Å²) >= 11 is 0. The molecular formula is C16H17F6NO4S. The highest BCUT2D eigenvalue weighted by atomic mass is 32.3. The van der Waals surface area contributed by atoms with Crippen LogP contribution in [0.15, 0.2) is 29.8 Å². The van der Waals surface area contributed by atoms with Crippen LogP contribution in [-0.4, -0.2) is 32.0 Å². The van der Waals surface area contributed by atoms with Gasteiger partial charge in [-0.3, -0.25) is 13.4 Å². The third-order valence-electron chi connectivity index (χ3n) is 4.25. The minimum Gasteiger partial charge on any atom is -0.478 e. The lowest BCUT2D eigenvalue weighted by Crippen LogP contribution is -2.26. The lowest BCUT2D eigenvalue weighted by Gasteiger charge is -2.42. The molecule has 0 bridgehead atoms. The molecule has 0 aromatic heterocycles. The van der Waals surface area contributed by atoms with Crippen molar-refractivity contribution < 1.29 is 45.3 Å². The molecule has 1 heterocycles. The second-order valence-corrected chi connectivity index (χ2v) is 8.27. The van der Waals surface area contributed by atoms with Crippen molar-refractivity contribution >= 4 is 22.4 Å². The Morgan fingerprint density at radius 3 is 2.04 bits per heavy atom. The van der Waals surface area contributed by atoms with Gasteiger partial charge >= 0.3 is 18.3 Å². The van der Waals surface area contributed by atoms with E-state index in [2.05, 4.69) is 0 Å². The fourth-order valence-electron chi connectivity index (χ4n) is 2.81. The first-order valence-corrected chi connectivity index (χ1v) is 9.52. The maximum absolute atomic E-state index is 13.0. The summed E-state index contributed by atoms with van der Waals surface area (Å²) in [5.74, 6) is -1.30. The van der Waals surface area contributed by atoms with Gasteiger partial charge < -0.3 is 5.11 Å². The number of anilines is 1. The normalized spacial score (nSPS) is 21.7. The number of carbonyl (C=O) groups is 1. The Labute approximate surface area is 157 Å². The number of nitrogens with zero attached hydrogens (tertiary/aromatic N) is 1. The molecule has 1 atom stereocenters. The third kappa shape index (κ3) is 4.55. The van der Waals surface area contributed by atoms with Crippen molar-refractivity contribution in [3.63, 3.8) is 0 Å². The van der Waals surface area contributed by atoms with E-state index in [1.165, 1.54) is 6.92 Å². The van der Waals surface area contributed by atoms with Crippen LogP contribution in [0.1, 0.15) is 30.9 Å². The van der Waals surface area contributed by atoms with Crippen LogP contribution in [0.2, 0.25) is 0 Å². The van der Waals surface area contributed by atoms with Crippen molar-refractivity contribution in [2.24, 2.45) is 0 Å². The number of carboxylic acid groups (broad SMARTS) is 1. The smallest absolute Gasteiger partial charge is 0.416 e. The molecule has 0 radical (unpaired) electrons. The van der Waals surface area contributed by atoms with E-state index < -0.39 is 51.2 Å². The summed E-state index contributed by atoms with van der Waals surface area (Å²) in [6.07, 6.45) is -9.04. The highest BCUT2D eigenvalue weighted by Gasteiger charge is 2.42. The fraction of sp³-hybridized carbons (Fsp3) is 0.438. The van der Waals surface area contributed by atoms with E-state index in [1.54, 1.807) is 0 Å². The molecule has 158 valence electrons. The Morgan fingerprint density at radius 1 is 1.14 bits per heavy atom. The van der Waals surface area contributed by atoms with Crippen LogP contribution < -0.4 is 4.31 Å². The van der Waals surface area contributed by atoms with Gasteiger partial charge in [0.15, 0.2) is 0 Å². The molecule has 28 heavy (non-hydrogen) atoms. The second-order valence-electron chi connectivity index (χ2n) is 6.11. The predicted molar refractivity (Wildman–Crippen MR) is 91.1 cm³/mol. The number of alkyl halides is 6. The number of hydrogen-bond acceptors (Lipinski definition) is 4. The van der Waals surface area contributed by atoms with Gasteiger partial charge in [0, 0.05) is 12.1 Å². The minimum absolute atomic E-state index is 0.0449. The first-order chi connectivity index (χ1) is 12.7. The second kappa shape index (κ2) is 7.48. The summed E-state index contributed by atoms with van der Waals surface area (Å²) in [6, 6.07) is 0.767. The molecule has 12 heteroatoms. The average molecular weight is 433 g/mol. The highest BCUT2D eigenvalue weighted by Crippen LogP contribution is 2.57. The molecule has 0 aliphatic carbocycles. The van der Waals surface area contributed by atoms with Crippen molar-refractivity contribution in [2.45, 2.75) is 37.4 Å². The molecule has 3 N–H and O–H groups in total. The standard InChI is InChI=1S/C16H17F6NO4S/c1-2-9(14(24)25)5-13-3-4-23(28(13,26)27)12-7-10(15(17,18)19)6-11(8-12)16(20,21)22/h5-8,13,26-27H,2-4H2,1H3,(H,24,25). The van der Waals surface area contributed by atoms with Crippen LogP contribution in [0.4, 0.5) is 32.0 Å². The number of halogens is 6. The van der Waals surface area contributed by atoms with Gasteiger partial charge in [-0.05, 0) is 31.0 Å². The zero-order chi connectivity index (χ0) is 21.5. The van der Waals surface area contributed by atoms with E-state index >= 15 is 0 Å². The van der Waals surface area contributed by atoms with Crippen LogP contribution in [0, 0.1) is 0 Å². The molecular weight excluding hydrogens is 416 g/mol. The molecule has 1 aromatic carbocycles. The zero-order valence-electron chi connectivity index (χ0n) is 14.4. The Balaban J connectivity index is 2.52. The number of benzene rings is 1. The van der Waals surface area contributed by atoms with Gasteiger partial charge in [0.25, 0.3) is 0 Å². The predicted octanol–water partition coefficient (Wildman–Crippen LogP) is 5.39. The lowest BCUT2D eigenvalue weighted by atomic mass is 10.1. The van der Waals surface area contributed by atoms with Crippen molar-refractivity contribution in [3.8, 4) is 0 Å².